The minimum atomic E-state index is -0.648. The number of hydrogen-bond donors (Lipinski definition) is 1. The largest absolute Gasteiger partial charge is 0.507 e. The molecule has 6 nitrogen and oxygen atoms in total. The van der Waals surface area contributed by atoms with Crippen molar-refractivity contribution in [3.8, 4) is 5.75 Å². The molecule has 1 amide bonds. The summed E-state index contributed by atoms with van der Waals surface area (Å²) in [6.07, 6.45) is 0. The zero-order valence-corrected chi connectivity index (χ0v) is 19.5. The van der Waals surface area contributed by atoms with Crippen molar-refractivity contribution in [3.63, 3.8) is 0 Å². The third kappa shape index (κ3) is 4.41. The third-order valence-electron chi connectivity index (χ3n) is 6.26. The Morgan fingerprint density at radius 2 is 1.75 bits per heavy atom. The number of benzene rings is 2. The van der Waals surface area contributed by atoms with Crippen LogP contribution in [0, 0.1) is 13.8 Å². The van der Waals surface area contributed by atoms with Gasteiger partial charge >= 0.3 is 0 Å². The number of methoxy groups -OCH3 is 1. The molecule has 3 rings (SSSR count). The van der Waals surface area contributed by atoms with Crippen LogP contribution in [0.4, 0.5) is 0 Å². The molecular weight excluding hydrogens is 404 g/mol. The van der Waals surface area contributed by atoms with E-state index in [1.54, 1.807) is 30.2 Å². The average molecular weight is 437 g/mol. The van der Waals surface area contributed by atoms with Gasteiger partial charge in [-0.15, -0.1) is 0 Å². The minimum Gasteiger partial charge on any atom is -0.507 e. The number of Topliss-reactive ketones (excluding diaryl/α,β-unsaturated/α-hetero) is 1. The number of nitrogens with zero attached hydrogens (tertiary/aromatic N) is 2. The second-order valence-electron chi connectivity index (χ2n) is 8.06. The predicted octanol–water partition coefficient (Wildman–Crippen LogP) is 4.08. The Balaban J connectivity index is 2.14. The molecule has 1 atom stereocenters. The van der Waals surface area contributed by atoms with E-state index >= 15 is 0 Å². The summed E-state index contributed by atoms with van der Waals surface area (Å²) in [4.78, 5) is 30.1. The van der Waals surface area contributed by atoms with E-state index in [0.29, 0.717) is 24.4 Å². The van der Waals surface area contributed by atoms with Crippen LogP contribution in [0.1, 0.15) is 42.1 Å². The molecule has 2 aromatic carbocycles. The van der Waals surface area contributed by atoms with Crippen LogP contribution in [0.5, 0.6) is 5.75 Å². The highest BCUT2D eigenvalue weighted by Gasteiger charge is 2.46. The molecule has 0 aliphatic carbocycles. The van der Waals surface area contributed by atoms with Crippen LogP contribution in [0.3, 0.4) is 0 Å². The van der Waals surface area contributed by atoms with E-state index < -0.39 is 17.7 Å². The van der Waals surface area contributed by atoms with Gasteiger partial charge < -0.3 is 19.6 Å². The smallest absolute Gasteiger partial charge is 0.295 e. The summed E-state index contributed by atoms with van der Waals surface area (Å²) in [5.74, 6) is -0.708. The quantitative estimate of drug-likeness (QED) is 0.384. The predicted molar refractivity (Wildman–Crippen MR) is 126 cm³/mol. The third-order valence-corrected chi connectivity index (χ3v) is 6.26. The van der Waals surface area contributed by atoms with Gasteiger partial charge in [-0.2, -0.15) is 0 Å². The maximum Gasteiger partial charge on any atom is 0.295 e. The number of rotatable bonds is 8. The van der Waals surface area contributed by atoms with Crippen LogP contribution in [0.2, 0.25) is 0 Å². The van der Waals surface area contributed by atoms with E-state index in [4.69, 9.17) is 4.74 Å². The summed E-state index contributed by atoms with van der Waals surface area (Å²) in [6.45, 7) is 10.7. The van der Waals surface area contributed by atoms with Crippen molar-refractivity contribution in [1.82, 2.24) is 9.80 Å². The van der Waals surface area contributed by atoms with Gasteiger partial charge in [0.05, 0.1) is 18.7 Å². The number of aliphatic hydroxyl groups is 1. The molecule has 1 aliphatic heterocycles. The molecule has 0 spiro atoms. The highest BCUT2D eigenvalue weighted by molar-refractivity contribution is 6.46. The van der Waals surface area contributed by atoms with Gasteiger partial charge in [-0.3, -0.25) is 9.59 Å². The fourth-order valence-electron chi connectivity index (χ4n) is 4.29. The molecule has 1 unspecified atom stereocenters. The maximum absolute atomic E-state index is 13.2. The molecule has 32 heavy (non-hydrogen) atoms. The summed E-state index contributed by atoms with van der Waals surface area (Å²) in [5, 5.41) is 11.3. The molecule has 170 valence electrons. The summed E-state index contributed by atoms with van der Waals surface area (Å²) in [6, 6.07) is 12.3. The van der Waals surface area contributed by atoms with E-state index in [1.165, 1.54) is 0 Å². The van der Waals surface area contributed by atoms with Gasteiger partial charge in [-0.1, -0.05) is 38.1 Å². The second-order valence-corrected chi connectivity index (χ2v) is 8.06. The lowest BCUT2D eigenvalue weighted by Crippen LogP contribution is -2.38. The monoisotopic (exact) mass is 436 g/mol. The summed E-state index contributed by atoms with van der Waals surface area (Å²) in [7, 11) is 1.58. The average Bonchev–Trinajstić information content (AvgIpc) is 3.04. The molecule has 0 bridgehead atoms. The number of carbonyl (C=O) groups is 2. The molecule has 1 aliphatic rings. The van der Waals surface area contributed by atoms with E-state index in [-0.39, 0.29) is 11.3 Å². The number of amides is 1. The molecule has 2 aromatic rings. The van der Waals surface area contributed by atoms with Crippen molar-refractivity contribution in [2.75, 3.05) is 33.3 Å². The highest BCUT2D eigenvalue weighted by atomic mass is 16.5. The fraction of sp³-hybridized carbons (Fsp3) is 0.385. The Bertz CT molecular complexity index is 1040. The topological polar surface area (TPSA) is 70.1 Å². The molecule has 1 saturated heterocycles. The van der Waals surface area contributed by atoms with Crippen LogP contribution in [0.25, 0.3) is 5.76 Å². The van der Waals surface area contributed by atoms with Gasteiger partial charge in [0, 0.05) is 18.7 Å². The van der Waals surface area contributed by atoms with Crippen molar-refractivity contribution >= 4 is 17.4 Å². The number of hydrogen-bond acceptors (Lipinski definition) is 5. The van der Waals surface area contributed by atoms with Gasteiger partial charge in [0.25, 0.3) is 11.7 Å². The molecule has 0 radical (unpaired) electrons. The van der Waals surface area contributed by atoms with Crippen molar-refractivity contribution in [3.05, 3.63) is 70.3 Å². The van der Waals surface area contributed by atoms with Crippen molar-refractivity contribution in [2.24, 2.45) is 0 Å². The van der Waals surface area contributed by atoms with Gasteiger partial charge in [0.1, 0.15) is 11.5 Å². The summed E-state index contributed by atoms with van der Waals surface area (Å²) < 4.78 is 5.26. The zero-order chi connectivity index (χ0) is 23.4. The Labute approximate surface area is 190 Å². The Hall–Kier alpha value is -3.12. The normalized spacial score (nSPS) is 17.9. The first-order chi connectivity index (χ1) is 15.3. The summed E-state index contributed by atoms with van der Waals surface area (Å²) in [5.41, 5.74) is 3.23. The molecule has 1 N–H and O–H groups in total. The highest BCUT2D eigenvalue weighted by Crippen LogP contribution is 2.41. The molecule has 1 fully saturated rings. The number of aliphatic hydroxyl groups excluding tert-OH is 1. The lowest BCUT2D eigenvalue weighted by atomic mass is 9.91. The van der Waals surface area contributed by atoms with Crippen LogP contribution in [-0.2, 0) is 9.59 Å². The van der Waals surface area contributed by atoms with Crippen LogP contribution < -0.4 is 4.74 Å². The van der Waals surface area contributed by atoms with Gasteiger partial charge in [-0.25, -0.2) is 0 Å². The van der Waals surface area contributed by atoms with Crippen LogP contribution in [-0.4, -0.2) is 59.9 Å². The van der Waals surface area contributed by atoms with Gasteiger partial charge in [0.2, 0.25) is 0 Å². The molecule has 0 aromatic heterocycles. The lowest BCUT2D eigenvalue weighted by Gasteiger charge is -2.29. The van der Waals surface area contributed by atoms with Crippen LogP contribution in [0.15, 0.2) is 48.0 Å². The molecule has 6 heteroatoms. The fourth-order valence-corrected chi connectivity index (χ4v) is 4.29. The molecule has 0 saturated carbocycles. The number of carbonyl (C=O) groups excluding carboxylic acids is 2. The Kier molecular flexibility index (Phi) is 7.36. The van der Waals surface area contributed by atoms with E-state index in [0.717, 1.165) is 29.8 Å². The Morgan fingerprint density at radius 3 is 2.34 bits per heavy atom. The number of likely N-dealkylation sites (N-methyl/N-ethyl adjacent to an activating group) is 1. The van der Waals surface area contributed by atoms with Crippen molar-refractivity contribution < 1.29 is 19.4 Å². The summed E-state index contributed by atoms with van der Waals surface area (Å²) >= 11 is 0. The molecule has 1 heterocycles. The van der Waals surface area contributed by atoms with Crippen molar-refractivity contribution in [1.29, 1.82) is 0 Å². The maximum atomic E-state index is 13.2. The van der Waals surface area contributed by atoms with E-state index in [1.807, 2.05) is 38.1 Å². The van der Waals surface area contributed by atoms with Crippen LogP contribution >= 0.6 is 0 Å². The SMILES string of the molecule is CCN(CC)CCN1C(=O)C(=O)/C(=C(/O)c2ccc(OC)cc2C)C1c1ccccc1C. The van der Waals surface area contributed by atoms with Gasteiger partial charge in [0.15, 0.2) is 0 Å². The number of aryl methyl sites for hydroxylation is 2. The van der Waals surface area contributed by atoms with E-state index in [2.05, 4.69) is 18.7 Å². The van der Waals surface area contributed by atoms with Crippen molar-refractivity contribution in [2.45, 2.75) is 33.7 Å². The van der Waals surface area contributed by atoms with Gasteiger partial charge in [-0.05, 0) is 61.8 Å². The lowest BCUT2D eigenvalue weighted by molar-refractivity contribution is -0.140. The first-order valence-corrected chi connectivity index (χ1v) is 11.0. The second kappa shape index (κ2) is 10.0. The first-order valence-electron chi connectivity index (χ1n) is 11.0. The number of ketones is 1. The minimum absolute atomic E-state index is 0.136. The van der Waals surface area contributed by atoms with E-state index in [9.17, 15) is 14.7 Å². The zero-order valence-electron chi connectivity index (χ0n) is 19.5. The standard InChI is InChI=1S/C26H32N2O4/c1-6-27(7-2)14-15-28-23(20-11-9-8-10-17(20)3)22(25(30)26(28)31)24(29)21-13-12-19(32-5)16-18(21)4/h8-13,16,23,29H,6-7,14-15H2,1-5H3/b24-22+. The molecular formula is C26H32N2O4. The first kappa shape index (κ1) is 23.5. The Morgan fingerprint density at radius 1 is 1.06 bits per heavy atom. The number of likely N-dealkylation sites (tertiary alicyclic amines) is 1. The number of ether oxygens (including phenoxy) is 1.